The summed E-state index contributed by atoms with van der Waals surface area (Å²) >= 11 is 5.87. The average Bonchev–Trinajstić information content (AvgIpc) is 2.31. The van der Waals surface area contributed by atoms with Crippen molar-refractivity contribution in [2.45, 2.75) is 0 Å². The van der Waals surface area contributed by atoms with E-state index in [1.807, 2.05) is 0 Å². The Hall–Kier alpha value is -1.59. The van der Waals surface area contributed by atoms with Gasteiger partial charge in [0.15, 0.2) is 0 Å². The van der Waals surface area contributed by atoms with Crippen molar-refractivity contribution in [2.75, 3.05) is 26.1 Å². The SMILES string of the molecule is CNC(=O)c1cc(NC(=O)COC)ccc1Cl. The second-order valence-electron chi connectivity index (χ2n) is 3.25. The van der Waals surface area contributed by atoms with Crippen molar-refractivity contribution < 1.29 is 14.3 Å². The number of hydrogen-bond donors (Lipinski definition) is 2. The van der Waals surface area contributed by atoms with Gasteiger partial charge in [-0.3, -0.25) is 9.59 Å². The molecule has 1 aromatic carbocycles. The zero-order chi connectivity index (χ0) is 12.8. The van der Waals surface area contributed by atoms with Crippen LogP contribution in [0.25, 0.3) is 0 Å². The van der Waals surface area contributed by atoms with Gasteiger partial charge in [-0.15, -0.1) is 0 Å². The Morgan fingerprint density at radius 3 is 2.71 bits per heavy atom. The number of benzene rings is 1. The zero-order valence-electron chi connectivity index (χ0n) is 9.54. The van der Waals surface area contributed by atoms with Crippen molar-refractivity contribution in [2.24, 2.45) is 0 Å². The molecule has 0 aliphatic carbocycles. The number of carbonyl (C=O) groups excluding carboxylic acids is 2. The number of nitrogens with one attached hydrogen (secondary N) is 2. The van der Waals surface area contributed by atoms with Crippen LogP contribution < -0.4 is 10.6 Å². The van der Waals surface area contributed by atoms with E-state index in [0.29, 0.717) is 16.3 Å². The second kappa shape index (κ2) is 6.22. The summed E-state index contributed by atoms with van der Waals surface area (Å²) in [5, 5.41) is 5.38. The van der Waals surface area contributed by atoms with E-state index < -0.39 is 0 Å². The Morgan fingerprint density at radius 1 is 1.41 bits per heavy atom. The lowest BCUT2D eigenvalue weighted by Crippen LogP contribution is -2.20. The van der Waals surface area contributed by atoms with Gasteiger partial charge in [-0.2, -0.15) is 0 Å². The lowest BCUT2D eigenvalue weighted by atomic mass is 10.2. The van der Waals surface area contributed by atoms with Gasteiger partial charge in [0.1, 0.15) is 6.61 Å². The Bertz CT molecular complexity index is 435. The molecule has 1 aromatic rings. The van der Waals surface area contributed by atoms with E-state index in [2.05, 4.69) is 15.4 Å². The van der Waals surface area contributed by atoms with E-state index in [9.17, 15) is 9.59 Å². The van der Waals surface area contributed by atoms with Crippen LogP contribution in [-0.4, -0.2) is 32.6 Å². The molecular formula is C11H13ClN2O3. The third kappa shape index (κ3) is 3.72. The minimum atomic E-state index is -0.308. The van der Waals surface area contributed by atoms with E-state index in [-0.39, 0.29) is 18.4 Å². The van der Waals surface area contributed by atoms with Gasteiger partial charge in [0, 0.05) is 19.8 Å². The first-order chi connectivity index (χ1) is 8.08. The third-order valence-corrected chi connectivity index (χ3v) is 2.33. The van der Waals surface area contributed by atoms with Crippen molar-refractivity contribution >= 4 is 29.1 Å². The van der Waals surface area contributed by atoms with E-state index >= 15 is 0 Å². The molecule has 0 aromatic heterocycles. The van der Waals surface area contributed by atoms with Gasteiger partial charge < -0.3 is 15.4 Å². The van der Waals surface area contributed by atoms with Crippen molar-refractivity contribution in [3.63, 3.8) is 0 Å². The van der Waals surface area contributed by atoms with Crippen LogP contribution in [0.5, 0.6) is 0 Å². The van der Waals surface area contributed by atoms with Crippen LogP contribution in [0.1, 0.15) is 10.4 Å². The summed E-state index contributed by atoms with van der Waals surface area (Å²) in [5.41, 5.74) is 0.805. The van der Waals surface area contributed by atoms with Crippen molar-refractivity contribution in [1.82, 2.24) is 5.32 Å². The first-order valence-electron chi connectivity index (χ1n) is 4.89. The highest BCUT2D eigenvalue weighted by molar-refractivity contribution is 6.34. The second-order valence-corrected chi connectivity index (χ2v) is 3.66. The Morgan fingerprint density at radius 2 is 2.12 bits per heavy atom. The number of methoxy groups -OCH3 is 1. The standard InChI is InChI=1S/C11H13ClN2O3/c1-13-11(16)8-5-7(3-4-9(8)12)14-10(15)6-17-2/h3-5H,6H2,1-2H3,(H,13,16)(H,14,15). The quantitative estimate of drug-likeness (QED) is 0.853. The molecule has 0 fully saturated rings. The normalized spacial score (nSPS) is 9.82. The van der Waals surface area contributed by atoms with E-state index in [0.717, 1.165) is 0 Å². The molecule has 0 aliphatic heterocycles. The highest BCUT2D eigenvalue weighted by Crippen LogP contribution is 2.20. The molecule has 0 aliphatic rings. The molecule has 0 atom stereocenters. The van der Waals surface area contributed by atoms with Crippen LogP contribution in [0, 0.1) is 0 Å². The number of halogens is 1. The molecule has 92 valence electrons. The molecule has 0 saturated heterocycles. The van der Waals surface area contributed by atoms with Gasteiger partial charge in [0.25, 0.3) is 5.91 Å². The zero-order valence-corrected chi connectivity index (χ0v) is 10.3. The van der Waals surface area contributed by atoms with Crippen LogP contribution in [-0.2, 0) is 9.53 Å². The fourth-order valence-electron chi connectivity index (χ4n) is 1.24. The third-order valence-electron chi connectivity index (χ3n) is 2.00. The first-order valence-corrected chi connectivity index (χ1v) is 5.26. The monoisotopic (exact) mass is 256 g/mol. The van der Waals surface area contributed by atoms with Gasteiger partial charge >= 0.3 is 0 Å². The van der Waals surface area contributed by atoms with Crippen molar-refractivity contribution in [1.29, 1.82) is 0 Å². The Balaban J connectivity index is 2.89. The summed E-state index contributed by atoms with van der Waals surface area (Å²) in [6.45, 7) is -0.0437. The Labute approximate surface area is 104 Å². The molecule has 0 spiro atoms. The van der Waals surface area contributed by atoms with Crippen LogP contribution in [0.15, 0.2) is 18.2 Å². The number of ether oxygens (including phenoxy) is 1. The number of anilines is 1. The molecule has 2 N–H and O–H groups in total. The fraction of sp³-hybridized carbons (Fsp3) is 0.273. The fourth-order valence-corrected chi connectivity index (χ4v) is 1.44. The molecule has 6 heteroatoms. The molecule has 17 heavy (non-hydrogen) atoms. The number of amides is 2. The van der Waals surface area contributed by atoms with Crippen molar-refractivity contribution in [3.8, 4) is 0 Å². The van der Waals surface area contributed by atoms with Gasteiger partial charge in [0.05, 0.1) is 10.6 Å². The van der Waals surface area contributed by atoms with Crippen molar-refractivity contribution in [3.05, 3.63) is 28.8 Å². The van der Waals surface area contributed by atoms with Crippen LogP contribution in [0.4, 0.5) is 5.69 Å². The maximum Gasteiger partial charge on any atom is 0.252 e. The summed E-state index contributed by atoms with van der Waals surface area (Å²) in [4.78, 5) is 22.7. The first kappa shape index (κ1) is 13.5. The number of hydrogen-bond acceptors (Lipinski definition) is 3. The summed E-state index contributed by atoms with van der Waals surface area (Å²) in [6.07, 6.45) is 0. The van der Waals surface area contributed by atoms with Gasteiger partial charge in [-0.05, 0) is 18.2 Å². The summed E-state index contributed by atoms with van der Waals surface area (Å²) < 4.78 is 4.68. The highest BCUT2D eigenvalue weighted by atomic mass is 35.5. The summed E-state index contributed by atoms with van der Waals surface area (Å²) in [6, 6.07) is 4.67. The van der Waals surface area contributed by atoms with Crippen LogP contribution in [0.3, 0.4) is 0 Å². The number of carbonyl (C=O) groups is 2. The van der Waals surface area contributed by atoms with Crippen LogP contribution in [0.2, 0.25) is 5.02 Å². The molecule has 5 nitrogen and oxygen atoms in total. The molecule has 0 heterocycles. The van der Waals surface area contributed by atoms with E-state index in [1.165, 1.54) is 20.2 Å². The molecule has 2 amide bonds. The highest BCUT2D eigenvalue weighted by Gasteiger charge is 2.10. The average molecular weight is 257 g/mol. The van der Waals surface area contributed by atoms with Gasteiger partial charge in [-0.1, -0.05) is 11.6 Å². The van der Waals surface area contributed by atoms with Gasteiger partial charge in [-0.25, -0.2) is 0 Å². The number of rotatable bonds is 4. The smallest absolute Gasteiger partial charge is 0.252 e. The predicted octanol–water partition coefficient (Wildman–Crippen LogP) is 1.28. The molecule has 0 saturated carbocycles. The maximum atomic E-state index is 11.5. The largest absolute Gasteiger partial charge is 0.375 e. The van der Waals surface area contributed by atoms with E-state index in [1.54, 1.807) is 12.1 Å². The molecule has 0 bridgehead atoms. The van der Waals surface area contributed by atoms with Crippen LogP contribution >= 0.6 is 11.6 Å². The van der Waals surface area contributed by atoms with Gasteiger partial charge in [0.2, 0.25) is 5.91 Å². The molecule has 1 rings (SSSR count). The minimum Gasteiger partial charge on any atom is -0.375 e. The molecule has 0 radical (unpaired) electrons. The summed E-state index contributed by atoms with van der Waals surface area (Å²) in [5.74, 6) is -0.601. The molecular weight excluding hydrogens is 244 g/mol. The molecule has 0 unspecified atom stereocenters. The Kier molecular flexibility index (Phi) is 4.93. The topological polar surface area (TPSA) is 67.4 Å². The lowest BCUT2D eigenvalue weighted by Gasteiger charge is -2.08. The maximum absolute atomic E-state index is 11.5. The van der Waals surface area contributed by atoms with E-state index in [4.69, 9.17) is 11.6 Å². The summed E-state index contributed by atoms with van der Waals surface area (Å²) in [7, 11) is 2.94. The lowest BCUT2D eigenvalue weighted by molar-refractivity contribution is -0.119. The predicted molar refractivity (Wildman–Crippen MR) is 65.3 cm³/mol. The minimum absolute atomic E-state index is 0.0437.